The monoisotopic (exact) mass is 352 g/mol. The van der Waals surface area contributed by atoms with Gasteiger partial charge in [-0.1, -0.05) is 15.9 Å². The van der Waals surface area contributed by atoms with Gasteiger partial charge in [0.1, 0.15) is 5.82 Å². The van der Waals surface area contributed by atoms with Crippen molar-refractivity contribution in [1.29, 1.82) is 0 Å². The summed E-state index contributed by atoms with van der Waals surface area (Å²) in [7, 11) is 2.19. The number of carbonyl (C=O) groups excluding carboxylic acids is 1. The number of amides is 2. The SMILES string of the molecule is CN1CCC2(CCN(C(=O)Nc3cc(Br)ccn3)CC2)C1. The van der Waals surface area contributed by atoms with E-state index in [0.29, 0.717) is 11.2 Å². The Labute approximate surface area is 133 Å². The Morgan fingerprint density at radius 1 is 1.33 bits per heavy atom. The third-order valence-electron chi connectivity index (χ3n) is 4.70. The largest absolute Gasteiger partial charge is 0.324 e. The number of likely N-dealkylation sites (tertiary alicyclic amines) is 2. The number of hydrogen-bond donors (Lipinski definition) is 1. The van der Waals surface area contributed by atoms with Gasteiger partial charge in [-0.2, -0.15) is 0 Å². The quantitative estimate of drug-likeness (QED) is 0.845. The van der Waals surface area contributed by atoms with Crippen LogP contribution in [0, 0.1) is 5.41 Å². The zero-order chi connectivity index (χ0) is 14.9. The Hall–Kier alpha value is -1.14. The van der Waals surface area contributed by atoms with Gasteiger partial charge in [-0.3, -0.25) is 5.32 Å². The molecule has 0 radical (unpaired) electrons. The van der Waals surface area contributed by atoms with Crippen LogP contribution in [0.1, 0.15) is 19.3 Å². The number of pyridine rings is 1. The van der Waals surface area contributed by atoms with Gasteiger partial charge < -0.3 is 9.80 Å². The van der Waals surface area contributed by atoms with Crippen LogP contribution in [-0.2, 0) is 0 Å². The summed E-state index contributed by atoms with van der Waals surface area (Å²) in [6, 6.07) is 3.62. The number of urea groups is 1. The fourth-order valence-electron chi connectivity index (χ4n) is 3.41. The van der Waals surface area contributed by atoms with E-state index in [0.717, 1.165) is 30.4 Å². The van der Waals surface area contributed by atoms with Crippen molar-refractivity contribution in [3.05, 3.63) is 22.8 Å². The maximum absolute atomic E-state index is 12.3. The minimum Gasteiger partial charge on any atom is -0.324 e. The molecule has 0 aromatic carbocycles. The molecule has 0 saturated carbocycles. The summed E-state index contributed by atoms with van der Waals surface area (Å²) in [5.41, 5.74) is 0.444. The van der Waals surface area contributed by atoms with Crippen molar-refractivity contribution in [2.45, 2.75) is 19.3 Å². The number of rotatable bonds is 1. The molecular weight excluding hydrogens is 332 g/mol. The minimum atomic E-state index is -0.0400. The zero-order valence-corrected chi connectivity index (χ0v) is 13.9. The Morgan fingerprint density at radius 2 is 2.05 bits per heavy atom. The van der Waals surface area contributed by atoms with Crippen molar-refractivity contribution in [3.63, 3.8) is 0 Å². The molecule has 0 bridgehead atoms. The van der Waals surface area contributed by atoms with Crippen LogP contribution in [0.15, 0.2) is 22.8 Å². The van der Waals surface area contributed by atoms with Crippen LogP contribution in [0.25, 0.3) is 0 Å². The number of anilines is 1. The fourth-order valence-corrected chi connectivity index (χ4v) is 3.75. The fraction of sp³-hybridized carbons (Fsp3) is 0.600. The molecule has 2 fully saturated rings. The van der Waals surface area contributed by atoms with Crippen LogP contribution in [0.4, 0.5) is 10.6 Å². The molecule has 6 heteroatoms. The number of carbonyl (C=O) groups is 1. The number of hydrogen-bond acceptors (Lipinski definition) is 3. The van der Waals surface area contributed by atoms with Crippen LogP contribution in [0.3, 0.4) is 0 Å². The molecule has 1 aromatic heterocycles. The highest BCUT2D eigenvalue weighted by atomic mass is 79.9. The first-order valence-electron chi connectivity index (χ1n) is 7.42. The molecule has 1 spiro atoms. The molecule has 21 heavy (non-hydrogen) atoms. The van der Waals surface area contributed by atoms with E-state index in [1.165, 1.54) is 19.5 Å². The van der Waals surface area contributed by atoms with Gasteiger partial charge in [0, 0.05) is 30.3 Å². The lowest BCUT2D eigenvalue weighted by atomic mass is 9.78. The molecule has 5 nitrogen and oxygen atoms in total. The van der Waals surface area contributed by atoms with Crippen molar-refractivity contribution >= 4 is 27.8 Å². The second kappa shape index (κ2) is 5.93. The van der Waals surface area contributed by atoms with Gasteiger partial charge in [-0.05, 0) is 50.4 Å². The zero-order valence-electron chi connectivity index (χ0n) is 12.3. The Kier molecular flexibility index (Phi) is 4.17. The summed E-state index contributed by atoms with van der Waals surface area (Å²) in [6.07, 6.45) is 5.17. The summed E-state index contributed by atoms with van der Waals surface area (Å²) >= 11 is 3.38. The van der Waals surface area contributed by atoms with Crippen molar-refractivity contribution < 1.29 is 4.79 Å². The molecular formula is C15H21BrN4O. The standard InChI is InChI=1S/C15H21BrN4O/c1-19-7-3-15(11-19)4-8-20(9-5-15)14(21)18-13-10-12(16)2-6-17-13/h2,6,10H,3-5,7-9,11H2,1H3,(H,17,18,21). The second-order valence-electron chi connectivity index (χ2n) is 6.26. The number of aromatic nitrogens is 1. The lowest BCUT2D eigenvalue weighted by Gasteiger charge is -2.39. The molecule has 2 amide bonds. The van der Waals surface area contributed by atoms with E-state index in [2.05, 4.69) is 38.2 Å². The maximum atomic E-state index is 12.3. The predicted molar refractivity (Wildman–Crippen MR) is 86.3 cm³/mol. The molecule has 3 heterocycles. The molecule has 2 aliphatic rings. The Morgan fingerprint density at radius 3 is 2.67 bits per heavy atom. The summed E-state index contributed by atoms with van der Waals surface area (Å²) in [5.74, 6) is 0.593. The normalized spacial score (nSPS) is 21.7. The molecule has 0 aliphatic carbocycles. The van der Waals surface area contributed by atoms with Crippen molar-refractivity contribution in [1.82, 2.24) is 14.8 Å². The molecule has 2 saturated heterocycles. The Balaban J connectivity index is 1.56. The smallest absolute Gasteiger partial charge is 0.323 e. The third-order valence-corrected chi connectivity index (χ3v) is 5.19. The van der Waals surface area contributed by atoms with Crippen LogP contribution >= 0.6 is 15.9 Å². The number of nitrogens with zero attached hydrogens (tertiary/aromatic N) is 3. The second-order valence-corrected chi connectivity index (χ2v) is 7.18. The minimum absolute atomic E-state index is 0.0400. The first kappa shape index (κ1) is 14.8. The van der Waals surface area contributed by atoms with E-state index in [1.54, 1.807) is 6.20 Å². The van der Waals surface area contributed by atoms with Gasteiger partial charge in [-0.25, -0.2) is 9.78 Å². The molecule has 114 valence electrons. The van der Waals surface area contributed by atoms with Crippen molar-refractivity contribution in [2.24, 2.45) is 5.41 Å². The number of piperidine rings is 1. The summed E-state index contributed by atoms with van der Waals surface area (Å²) < 4.78 is 0.916. The maximum Gasteiger partial charge on any atom is 0.323 e. The average molecular weight is 353 g/mol. The van der Waals surface area contributed by atoms with Crippen molar-refractivity contribution in [3.8, 4) is 0 Å². The summed E-state index contributed by atoms with van der Waals surface area (Å²) in [5, 5.41) is 2.88. The van der Waals surface area contributed by atoms with Gasteiger partial charge in [0.2, 0.25) is 0 Å². The lowest BCUT2D eigenvalue weighted by molar-refractivity contribution is 0.128. The summed E-state index contributed by atoms with van der Waals surface area (Å²) in [4.78, 5) is 20.8. The van der Waals surface area contributed by atoms with Crippen LogP contribution in [-0.4, -0.2) is 54.0 Å². The van der Waals surface area contributed by atoms with Crippen LogP contribution in [0.5, 0.6) is 0 Å². The average Bonchev–Trinajstić information content (AvgIpc) is 2.80. The van der Waals surface area contributed by atoms with E-state index in [9.17, 15) is 4.79 Å². The highest BCUT2D eigenvalue weighted by molar-refractivity contribution is 9.10. The molecule has 3 rings (SSSR count). The predicted octanol–water partition coefficient (Wildman–Crippen LogP) is 2.79. The van der Waals surface area contributed by atoms with Gasteiger partial charge in [0.15, 0.2) is 0 Å². The topological polar surface area (TPSA) is 48.5 Å². The van der Waals surface area contributed by atoms with Gasteiger partial charge >= 0.3 is 6.03 Å². The molecule has 1 aromatic rings. The van der Waals surface area contributed by atoms with Crippen molar-refractivity contribution in [2.75, 3.05) is 38.5 Å². The molecule has 0 unspecified atom stereocenters. The van der Waals surface area contributed by atoms with Gasteiger partial charge in [-0.15, -0.1) is 0 Å². The van der Waals surface area contributed by atoms with Gasteiger partial charge in [0.05, 0.1) is 0 Å². The summed E-state index contributed by atoms with van der Waals surface area (Å²) in [6.45, 7) is 4.05. The number of halogens is 1. The first-order valence-corrected chi connectivity index (χ1v) is 8.22. The number of nitrogens with one attached hydrogen (secondary N) is 1. The highest BCUT2D eigenvalue weighted by Crippen LogP contribution is 2.39. The van der Waals surface area contributed by atoms with E-state index >= 15 is 0 Å². The van der Waals surface area contributed by atoms with Crippen LogP contribution in [0.2, 0.25) is 0 Å². The Bertz CT molecular complexity index is 528. The lowest BCUT2D eigenvalue weighted by Crippen LogP contribution is -2.45. The van der Waals surface area contributed by atoms with E-state index in [-0.39, 0.29) is 6.03 Å². The van der Waals surface area contributed by atoms with Gasteiger partial charge in [0.25, 0.3) is 0 Å². The third kappa shape index (κ3) is 3.37. The van der Waals surface area contributed by atoms with E-state index < -0.39 is 0 Å². The highest BCUT2D eigenvalue weighted by Gasteiger charge is 2.40. The molecule has 0 atom stereocenters. The molecule has 1 N–H and O–H groups in total. The van der Waals surface area contributed by atoms with E-state index in [4.69, 9.17) is 0 Å². The first-order chi connectivity index (χ1) is 10.1. The van der Waals surface area contributed by atoms with E-state index in [1.807, 2.05) is 17.0 Å². The molecule has 2 aliphatic heterocycles. The van der Waals surface area contributed by atoms with Crippen LogP contribution < -0.4 is 5.32 Å².